The zero-order valence-electron chi connectivity index (χ0n) is 16.5. The number of carbonyl (C=O) groups excluding carboxylic acids is 2. The van der Waals surface area contributed by atoms with Crippen molar-refractivity contribution in [2.45, 2.75) is 12.1 Å². The van der Waals surface area contributed by atoms with Crippen LogP contribution in [0.25, 0.3) is 0 Å². The Morgan fingerprint density at radius 1 is 1.27 bits per heavy atom. The van der Waals surface area contributed by atoms with Crippen LogP contribution in [0.2, 0.25) is 0 Å². The number of carbonyl (C=O) groups is 2. The Morgan fingerprint density at radius 3 is 2.73 bits per heavy atom. The van der Waals surface area contributed by atoms with Crippen LogP contribution in [0.3, 0.4) is 0 Å². The second-order valence-electron chi connectivity index (χ2n) is 6.13. The van der Waals surface area contributed by atoms with Gasteiger partial charge in [0.15, 0.2) is 11.0 Å². The number of methoxy groups -OCH3 is 1. The van der Waals surface area contributed by atoms with Gasteiger partial charge in [0.05, 0.1) is 18.6 Å². The van der Waals surface area contributed by atoms with Gasteiger partial charge in [-0.1, -0.05) is 29.1 Å². The minimum Gasteiger partial charge on any atom is -0.495 e. The number of aromatic nitrogens is 3. The molecule has 0 spiro atoms. The third-order valence-electron chi connectivity index (χ3n) is 3.95. The molecule has 3 aromatic rings. The van der Waals surface area contributed by atoms with Crippen molar-refractivity contribution in [3.63, 3.8) is 0 Å². The highest BCUT2D eigenvalue weighted by Crippen LogP contribution is 2.23. The van der Waals surface area contributed by atoms with Crippen molar-refractivity contribution in [1.29, 1.82) is 0 Å². The molecule has 2 aromatic heterocycles. The first-order valence-electron chi connectivity index (χ1n) is 8.75. The van der Waals surface area contributed by atoms with E-state index in [1.165, 1.54) is 24.9 Å². The maximum Gasteiger partial charge on any atom is 0.266 e. The lowest BCUT2D eigenvalue weighted by atomic mass is 10.2. The molecule has 0 bridgehead atoms. The molecule has 2 heterocycles. The Bertz CT molecular complexity index is 1140. The quantitative estimate of drug-likeness (QED) is 0.431. The molecule has 0 saturated heterocycles. The highest BCUT2D eigenvalue weighted by molar-refractivity contribution is 7.99. The highest BCUT2D eigenvalue weighted by Gasteiger charge is 2.17. The average molecular weight is 429 g/mol. The number of nitrogens with zero attached hydrogens (tertiary/aromatic N) is 3. The van der Waals surface area contributed by atoms with E-state index in [0.29, 0.717) is 28.2 Å². The number of rotatable bonds is 7. The molecule has 3 rings (SSSR count). The molecule has 0 aliphatic carbocycles. The molecule has 0 aliphatic rings. The fraction of sp³-hybridized carbons (Fsp3) is 0.211. The summed E-state index contributed by atoms with van der Waals surface area (Å²) in [5.41, 5.74) is -0.229. The van der Waals surface area contributed by atoms with Crippen LogP contribution in [0.4, 0.5) is 11.5 Å². The third-order valence-corrected chi connectivity index (χ3v) is 5.00. The number of hydrogen-bond acceptors (Lipinski definition) is 8. The van der Waals surface area contributed by atoms with Gasteiger partial charge in [-0.2, -0.15) is 0 Å². The number of hydrogen-bond donors (Lipinski definition) is 2. The summed E-state index contributed by atoms with van der Waals surface area (Å²) >= 11 is 1.06. The van der Waals surface area contributed by atoms with Gasteiger partial charge < -0.3 is 19.9 Å². The van der Waals surface area contributed by atoms with Crippen LogP contribution >= 0.6 is 11.8 Å². The standard InChI is InChI=1S/C19H19N5O5S/c1-11-8-15(23-29-11)22-16(25)10-30-19-20-9-12(18(27)24(19)2)17(26)21-13-6-4-5-7-14(13)28-3/h4-9H,10H2,1-3H3,(H,21,26)(H,22,23,25). The summed E-state index contributed by atoms with van der Waals surface area (Å²) in [6.07, 6.45) is 1.19. The minimum atomic E-state index is -0.608. The molecule has 2 N–H and O–H groups in total. The highest BCUT2D eigenvalue weighted by atomic mass is 32.2. The Kier molecular flexibility index (Phi) is 6.52. The number of benzene rings is 1. The molecule has 10 nitrogen and oxygen atoms in total. The van der Waals surface area contributed by atoms with Crippen LogP contribution in [0.1, 0.15) is 16.1 Å². The molecular formula is C19H19N5O5S. The van der Waals surface area contributed by atoms with Gasteiger partial charge in [0, 0.05) is 19.3 Å². The summed E-state index contributed by atoms with van der Waals surface area (Å²) in [7, 11) is 2.97. The molecule has 156 valence electrons. The number of ether oxygens (including phenoxy) is 1. The first-order chi connectivity index (χ1) is 14.4. The fourth-order valence-electron chi connectivity index (χ4n) is 2.49. The van der Waals surface area contributed by atoms with E-state index in [1.807, 2.05) is 0 Å². The predicted octanol–water partition coefficient (Wildman–Crippen LogP) is 2.07. The van der Waals surface area contributed by atoms with Crippen molar-refractivity contribution in [2.24, 2.45) is 7.05 Å². The maximum absolute atomic E-state index is 12.6. The van der Waals surface area contributed by atoms with E-state index in [0.717, 1.165) is 11.8 Å². The lowest BCUT2D eigenvalue weighted by Gasteiger charge is -2.11. The number of nitrogens with one attached hydrogen (secondary N) is 2. The molecule has 0 atom stereocenters. The number of amides is 2. The number of aryl methyl sites for hydroxylation is 1. The topological polar surface area (TPSA) is 128 Å². The molecule has 30 heavy (non-hydrogen) atoms. The van der Waals surface area contributed by atoms with Crippen molar-refractivity contribution in [3.05, 3.63) is 58.2 Å². The van der Waals surface area contributed by atoms with E-state index < -0.39 is 11.5 Å². The maximum atomic E-state index is 12.6. The first kappa shape index (κ1) is 21.1. The number of anilines is 2. The molecule has 0 saturated carbocycles. The summed E-state index contributed by atoms with van der Waals surface area (Å²) in [6.45, 7) is 1.71. The van der Waals surface area contributed by atoms with Gasteiger partial charge in [-0.25, -0.2) is 4.98 Å². The molecule has 1 aromatic carbocycles. The monoisotopic (exact) mass is 429 g/mol. The second-order valence-corrected chi connectivity index (χ2v) is 7.08. The Balaban J connectivity index is 1.68. The normalized spacial score (nSPS) is 10.5. The first-order valence-corrected chi connectivity index (χ1v) is 9.74. The summed E-state index contributed by atoms with van der Waals surface area (Å²) in [6, 6.07) is 8.44. The van der Waals surface area contributed by atoms with Gasteiger partial charge in [0.25, 0.3) is 11.5 Å². The van der Waals surface area contributed by atoms with Gasteiger partial charge in [-0.3, -0.25) is 19.0 Å². The lowest BCUT2D eigenvalue weighted by Crippen LogP contribution is -2.29. The largest absolute Gasteiger partial charge is 0.495 e. The Labute approximate surface area is 175 Å². The van der Waals surface area contributed by atoms with E-state index in [9.17, 15) is 14.4 Å². The summed E-state index contributed by atoms with van der Waals surface area (Å²) in [4.78, 5) is 41.3. The van der Waals surface area contributed by atoms with Gasteiger partial charge in [0.2, 0.25) is 5.91 Å². The molecule has 0 unspecified atom stereocenters. The summed E-state index contributed by atoms with van der Waals surface area (Å²) in [5, 5.41) is 9.19. The molecule has 0 fully saturated rings. The molecule has 11 heteroatoms. The number of thioether (sulfide) groups is 1. The van der Waals surface area contributed by atoms with Crippen LogP contribution in [0.15, 0.2) is 51.0 Å². The van der Waals surface area contributed by atoms with Crippen LogP contribution in [-0.4, -0.2) is 39.4 Å². The minimum absolute atomic E-state index is 0.00105. The van der Waals surface area contributed by atoms with Crippen LogP contribution in [0, 0.1) is 6.92 Å². The Morgan fingerprint density at radius 2 is 2.03 bits per heavy atom. The molecule has 0 aliphatic heterocycles. The summed E-state index contributed by atoms with van der Waals surface area (Å²) < 4.78 is 11.3. The van der Waals surface area contributed by atoms with E-state index in [4.69, 9.17) is 9.26 Å². The van der Waals surface area contributed by atoms with E-state index in [-0.39, 0.29) is 17.2 Å². The van der Waals surface area contributed by atoms with Gasteiger partial charge in [0.1, 0.15) is 17.1 Å². The van der Waals surface area contributed by atoms with Crippen molar-refractivity contribution in [3.8, 4) is 5.75 Å². The van der Waals surface area contributed by atoms with Crippen molar-refractivity contribution < 1.29 is 18.8 Å². The third kappa shape index (κ3) is 4.87. The van der Waals surface area contributed by atoms with E-state index >= 15 is 0 Å². The van der Waals surface area contributed by atoms with Crippen molar-refractivity contribution >= 4 is 35.1 Å². The Hall–Kier alpha value is -3.60. The van der Waals surface area contributed by atoms with Crippen molar-refractivity contribution in [2.75, 3.05) is 23.5 Å². The van der Waals surface area contributed by atoms with E-state index in [1.54, 1.807) is 37.3 Å². The zero-order valence-corrected chi connectivity index (χ0v) is 17.3. The fourth-order valence-corrected chi connectivity index (χ4v) is 3.23. The zero-order chi connectivity index (χ0) is 21.7. The predicted molar refractivity (Wildman–Crippen MR) is 111 cm³/mol. The SMILES string of the molecule is COc1ccccc1NC(=O)c1cnc(SCC(=O)Nc2cc(C)on2)n(C)c1=O. The lowest BCUT2D eigenvalue weighted by molar-refractivity contribution is -0.113. The second kappa shape index (κ2) is 9.27. The number of para-hydroxylation sites is 2. The van der Waals surface area contributed by atoms with Crippen LogP contribution in [-0.2, 0) is 11.8 Å². The van der Waals surface area contributed by atoms with Crippen LogP contribution < -0.4 is 20.9 Å². The molecular weight excluding hydrogens is 410 g/mol. The average Bonchev–Trinajstić information content (AvgIpc) is 3.13. The van der Waals surface area contributed by atoms with E-state index in [2.05, 4.69) is 20.8 Å². The van der Waals surface area contributed by atoms with Gasteiger partial charge in [-0.05, 0) is 19.1 Å². The smallest absolute Gasteiger partial charge is 0.266 e. The molecule has 0 radical (unpaired) electrons. The van der Waals surface area contributed by atoms with Crippen molar-refractivity contribution in [1.82, 2.24) is 14.7 Å². The molecule has 2 amide bonds. The van der Waals surface area contributed by atoms with Crippen LogP contribution in [0.5, 0.6) is 5.75 Å². The van der Waals surface area contributed by atoms with Gasteiger partial charge >= 0.3 is 0 Å². The summed E-state index contributed by atoms with van der Waals surface area (Å²) in [5.74, 6) is 0.408. The van der Waals surface area contributed by atoms with Gasteiger partial charge in [-0.15, -0.1) is 0 Å².